The average Bonchev–Trinajstić information content (AvgIpc) is 2.84. The molecule has 3 N–H and O–H groups in total. The topological polar surface area (TPSA) is 56.5 Å². The Labute approximate surface area is 115 Å². The van der Waals surface area contributed by atoms with E-state index in [9.17, 15) is 0 Å². The maximum Gasteiger partial charge on any atom is 0.160 e. The third kappa shape index (κ3) is 3.61. The highest BCUT2D eigenvalue weighted by molar-refractivity contribution is 5.42. The summed E-state index contributed by atoms with van der Waals surface area (Å²) in [6.45, 7) is 0.952. The minimum atomic E-state index is 0.324. The van der Waals surface area contributed by atoms with Gasteiger partial charge in [0.1, 0.15) is 0 Å². The summed E-state index contributed by atoms with van der Waals surface area (Å²) in [7, 11) is 3.32. The molecule has 0 unspecified atom stereocenters. The van der Waals surface area contributed by atoms with Crippen molar-refractivity contribution in [1.82, 2.24) is 5.32 Å². The van der Waals surface area contributed by atoms with Crippen molar-refractivity contribution in [3.63, 3.8) is 0 Å². The van der Waals surface area contributed by atoms with E-state index in [1.54, 1.807) is 14.2 Å². The van der Waals surface area contributed by atoms with Gasteiger partial charge in [0.2, 0.25) is 0 Å². The second kappa shape index (κ2) is 6.78. The van der Waals surface area contributed by atoms with Crippen LogP contribution >= 0.6 is 0 Å². The number of methoxy groups -OCH3 is 2. The standard InChI is InChI=1S/C15H24N2O2/c1-18-14-7-6-11(10-15(14)19-2)8-9-17-13-5-3-4-12(13)16/h6-7,10,12-13,17H,3-5,8-9,16H2,1-2H3/t12-,13-/m1/s1. The molecule has 106 valence electrons. The fourth-order valence-corrected chi connectivity index (χ4v) is 2.68. The van der Waals surface area contributed by atoms with Crippen LogP contribution < -0.4 is 20.5 Å². The van der Waals surface area contributed by atoms with Crippen molar-refractivity contribution in [2.75, 3.05) is 20.8 Å². The molecule has 1 aliphatic rings. The molecule has 2 rings (SSSR count). The zero-order valence-electron chi connectivity index (χ0n) is 11.8. The molecule has 4 nitrogen and oxygen atoms in total. The molecule has 19 heavy (non-hydrogen) atoms. The molecule has 0 spiro atoms. The third-order valence-electron chi connectivity index (χ3n) is 3.84. The van der Waals surface area contributed by atoms with Crippen LogP contribution in [0.1, 0.15) is 24.8 Å². The molecule has 0 bridgehead atoms. The zero-order valence-corrected chi connectivity index (χ0v) is 11.8. The highest BCUT2D eigenvalue weighted by Crippen LogP contribution is 2.27. The highest BCUT2D eigenvalue weighted by Gasteiger charge is 2.22. The fraction of sp³-hybridized carbons (Fsp3) is 0.600. The quantitative estimate of drug-likeness (QED) is 0.821. The Bertz CT molecular complexity index is 409. The van der Waals surface area contributed by atoms with Gasteiger partial charge in [-0.05, 0) is 43.5 Å². The Hall–Kier alpha value is -1.26. The number of nitrogens with one attached hydrogen (secondary N) is 1. The van der Waals surface area contributed by atoms with Crippen LogP contribution in [0.25, 0.3) is 0 Å². The molecule has 4 heteroatoms. The summed E-state index contributed by atoms with van der Waals surface area (Å²) >= 11 is 0. The second-order valence-corrected chi connectivity index (χ2v) is 5.09. The molecule has 1 aliphatic carbocycles. The fourth-order valence-electron chi connectivity index (χ4n) is 2.68. The molecule has 0 radical (unpaired) electrons. The van der Waals surface area contributed by atoms with Crippen molar-refractivity contribution in [2.45, 2.75) is 37.8 Å². The van der Waals surface area contributed by atoms with Gasteiger partial charge in [-0.15, -0.1) is 0 Å². The van der Waals surface area contributed by atoms with Gasteiger partial charge >= 0.3 is 0 Å². The van der Waals surface area contributed by atoms with Crippen molar-refractivity contribution in [1.29, 1.82) is 0 Å². The summed E-state index contributed by atoms with van der Waals surface area (Å²) in [6.07, 6.45) is 4.57. The van der Waals surface area contributed by atoms with Crippen molar-refractivity contribution >= 4 is 0 Å². The Balaban J connectivity index is 1.85. The zero-order chi connectivity index (χ0) is 13.7. The molecule has 0 heterocycles. The van der Waals surface area contributed by atoms with Crippen LogP contribution in [0.15, 0.2) is 18.2 Å². The molecule has 1 aromatic rings. The largest absolute Gasteiger partial charge is 0.493 e. The van der Waals surface area contributed by atoms with Crippen LogP contribution in [-0.2, 0) is 6.42 Å². The summed E-state index contributed by atoms with van der Waals surface area (Å²) in [5.74, 6) is 1.56. The van der Waals surface area contributed by atoms with Crippen molar-refractivity contribution < 1.29 is 9.47 Å². The number of hydrogen-bond donors (Lipinski definition) is 2. The van der Waals surface area contributed by atoms with Gasteiger partial charge < -0.3 is 20.5 Å². The smallest absolute Gasteiger partial charge is 0.160 e. The molecule has 1 saturated carbocycles. The molecule has 2 atom stereocenters. The third-order valence-corrected chi connectivity index (χ3v) is 3.84. The molecule has 1 aromatic carbocycles. The summed E-state index contributed by atoms with van der Waals surface area (Å²) in [4.78, 5) is 0. The van der Waals surface area contributed by atoms with E-state index in [0.29, 0.717) is 12.1 Å². The predicted octanol–water partition coefficient (Wildman–Crippen LogP) is 1.72. The number of hydrogen-bond acceptors (Lipinski definition) is 4. The van der Waals surface area contributed by atoms with E-state index in [1.165, 1.54) is 18.4 Å². The second-order valence-electron chi connectivity index (χ2n) is 5.09. The van der Waals surface area contributed by atoms with Gasteiger partial charge in [-0.25, -0.2) is 0 Å². The molecular weight excluding hydrogens is 240 g/mol. The summed E-state index contributed by atoms with van der Waals surface area (Å²) in [5.41, 5.74) is 7.29. The van der Waals surface area contributed by atoms with Crippen LogP contribution in [0.3, 0.4) is 0 Å². The van der Waals surface area contributed by atoms with Gasteiger partial charge in [0.05, 0.1) is 14.2 Å². The minimum Gasteiger partial charge on any atom is -0.493 e. The summed E-state index contributed by atoms with van der Waals surface area (Å²) in [6, 6.07) is 6.88. The maximum absolute atomic E-state index is 6.04. The number of nitrogens with two attached hydrogens (primary N) is 1. The molecule has 0 saturated heterocycles. The average molecular weight is 264 g/mol. The van der Waals surface area contributed by atoms with Gasteiger partial charge in [-0.1, -0.05) is 12.5 Å². The summed E-state index contributed by atoms with van der Waals surface area (Å²) in [5, 5.41) is 3.55. The first-order valence-corrected chi connectivity index (χ1v) is 6.94. The van der Waals surface area contributed by atoms with E-state index < -0.39 is 0 Å². The lowest BCUT2D eigenvalue weighted by Crippen LogP contribution is -2.41. The van der Waals surface area contributed by atoms with Crippen LogP contribution in [0.4, 0.5) is 0 Å². The molecule has 1 fully saturated rings. The Morgan fingerprint density at radius 2 is 2.00 bits per heavy atom. The maximum atomic E-state index is 6.04. The Morgan fingerprint density at radius 1 is 1.21 bits per heavy atom. The lowest BCUT2D eigenvalue weighted by molar-refractivity contribution is 0.354. The first-order valence-electron chi connectivity index (χ1n) is 6.94. The highest BCUT2D eigenvalue weighted by atomic mass is 16.5. The van der Waals surface area contributed by atoms with E-state index in [2.05, 4.69) is 11.4 Å². The SMILES string of the molecule is COc1ccc(CCN[C@@H]2CCC[C@H]2N)cc1OC. The molecule has 0 amide bonds. The van der Waals surface area contributed by atoms with Gasteiger partial charge in [-0.2, -0.15) is 0 Å². The van der Waals surface area contributed by atoms with E-state index >= 15 is 0 Å². The monoisotopic (exact) mass is 264 g/mol. The van der Waals surface area contributed by atoms with Crippen LogP contribution in [0, 0.1) is 0 Å². The molecular formula is C15H24N2O2. The van der Waals surface area contributed by atoms with E-state index in [0.717, 1.165) is 30.9 Å². The Morgan fingerprint density at radius 3 is 2.63 bits per heavy atom. The van der Waals surface area contributed by atoms with E-state index in [1.807, 2.05) is 12.1 Å². The number of benzene rings is 1. The lowest BCUT2D eigenvalue weighted by Gasteiger charge is -2.17. The van der Waals surface area contributed by atoms with Gasteiger partial charge in [0, 0.05) is 12.1 Å². The van der Waals surface area contributed by atoms with Crippen molar-refractivity contribution in [2.24, 2.45) is 5.73 Å². The number of ether oxygens (including phenoxy) is 2. The summed E-state index contributed by atoms with van der Waals surface area (Å²) < 4.78 is 10.5. The first-order chi connectivity index (χ1) is 9.24. The van der Waals surface area contributed by atoms with Crippen LogP contribution in [0.5, 0.6) is 11.5 Å². The number of rotatable bonds is 6. The van der Waals surface area contributed by atoms with Gasteiger partial charge in [-0.3, -0.25) is 0 Å². The van der Waals surface area contributed by atoms with Crippen LogP contribution in [-0.4, -0.2) is 32.8 Å². The van der Waals surface area contributed by atoms with E-state index in [4.69, 9.17) is 15.2 Å². The van der Waals surface area contributed by atoms with Crippen molar-refractivity contribution in [3.8, 4) is 11.5 Å². The van der Waals surface area contributed by atoms with Gasteiger partial charge in [0.15, 0.2) is 11.5 Å². The molecule has 0 aliphatic heterocycles. The Kier molecular flexibility index (Phi) is 5.05. The lowest BCUT2D eigenvalue weighted by atomic mass is 10.1. The molecule has 0 aromatic heterocycles. The van der Waals surface area contributed by atoms with Crippen molar-refractivity contribution in [3.05, 3.63) is 23.8 Å². The predicted molar refractivity (Wildman–Crippen MR) is 76.9 cm³/mol. The minimum absolute atomic E-state index is 0.324. The normalized spacial score (nSPS) is 22.5. The first kappa shape index (κ1) is 14.2. The van der Waals surface area contributed by atoms with Gasteiger partial charge in [0.25, 0.3) is 0 Å². The van der Waals surface area contributed by atoms with E-state index in [-0.39, 0.29) is 0 Å². The van der Waals surface area contributed by atoms with Crippen LogP contribution in [0.2, 0.25) is 0 Å².